The molecule has 268 valence electrons. The molecule has 0 spiro atoms. The maximum atomic E-state index is 14.7. The van der Waals surface area contributed by atoms with E-state index in [0.29, 0.717) is 56.3 Å². The second kappa shape index (κ2) is 18.2. The molecule has 0 radical (unpaired) electrons. The number of aryl methyl sites for hydroxylation is 2. The first-order valence-electron chi connectivity index (χ1n) is 17.2. The molecule has 1 aliphatic heterocycles. The Morgan fingerprint density at radius 1 is 0.980 bits per heavy atom. The van der Waals surface area contributed by atoms with Crippen molar-refractivity contribution < 1.29 is 33.3 Å². The number of methoxy groups -OCH3 is 1. The molecule has 5 rings (SSSR count). The number of carbonyl (C=O) groups excluding carboxylic acids is 2. The fourth-order valence-electron chi connectivity index (χ4n) is 6.20. The van der Waals surface area contributed by atoms with Gasteiger partial charge in [0.15, 0.2) is 0 Å². The van der Waals surface area contributed by atoms with Crippen molar-refractivity contribution >= 4 is 29.2 Å². The van der Waals surface area contributed by atoms with Crippen molar-refractivity contribution in [2.24, 2.45) is 0 Å². The fourth-order valence-corrected chi connectivity index (χ4v) is 6.38. The van der Waals surface area contributed by atoms with Crippen molar-refractivity contribution in [1.82, 2.24) is 15.5 Å². The molecule has 3 aromatic carbocycles. The van der Waals surface area contributed by atoms with Crippen LogP contribution in [0.4, 0.5) is 4.79 Å². The standard InChI is InChI=1S/C39H48ClN3O7/c1-26-6-5-7-27(2)37(26)49-21-20-48-32-13-9-29(10-14-32)33-16-18-42-35(24-47-25-46-4)36(33)38(44)43(31-11-12-31)23-30-22-28(8-15-34(30)40)17-19-50-39(45)41-3/h5-10,13-15,22,31,35,42H,11-12,16-21,23-25H2,1-4H3,(H,41,45)/t35-/m1/s1. The van der Waals surface area contributed by atoms with Crippen LogP contribution in [0.5, 0.6) is 11.5 Å². The normalized spacial score (nSPS) is 15.8. The highest BCUT2D eigenvalue weighted by Crippen LogP contribution is 2.36. The van der Waals surface area contributed by atoms with Crippen LogP contribution in [0, 0.1) is 13.8 Å². The summed E-state index contributed by atoms with van der Waals surface area (Å²) in [4.78, 5) is 28.2. The molecule has 2 aliphatic rings. The van der Waals surface area contributed by atoms with E-state index in [2.05, 4.69) is 10.6 Å². The highest BCUT2D eigenvalue weighted by Gasteiger charge is 2.38. The average Bonchev–Trinajstić information content (AvgIpc) is 3.97. The lowest BCUT2D eigenvalue weighted by atomic mass is 9.88. The Morgan fingerprint density at radius 2 is 1.72 bits per heavy atom. The first-order valence-corrected chi connectivity index (χ1v) is 17.5. The highest BCUT2D eigenvalue weighted by molar-refractivity contribution is 6.31. The number of carbonyl (C=O) groups is 2. The Balaban J connectivity index is 1.34. The summed E-state index contributed by atoms with van der Waals surface area (Å²) in [6, 6.07) is 19.6. The molecule has 3 aromatic rings. The first-order chi connectivity index (χ1) is 24.3. The highest BCUT2D eigenvalue weighted by atomic mass is 35.5. The van der Waals surface area contributed by atoms with Gasteiger partial charge >= 0.3 is 6.09 Å². The Bertz CT molecular complexity index is 1620. The summed E-state index contributed by atoms with van der Waals surface area (Å²) in [6.07, 6.45) is 2.61. The predicted octanol–water partition coefficient (Wildman–Crippen LogP) is 6.24. The number of benzene rings is 3. The van der Waals surface area contributed by atoms with Crippen LogP contribution in [0.25, 0.3) is 5.57 Å². The molecule has 1 heterocycles. The third kappa shape index (κ3) is 10.0. The minimum atomic E-state index is -0.473. The molecule has 2 amide bonds. The lowest BCUT2D eigenvalue weighted by molar-refractivity contribution is -0.129. The molecular formula is C39H48ClN3O7. The molecule has 10 nitrogen and oxygen atoms in total. The Morgan fingerprint density at radius 3 is 2.42 bits per heavy atom. The van der Waals surface area contributed by atoms with Gasteiger partial charge in [0, 0.05) is 43.8 Å². The molecule has 11 heteroatoms. The van der Waals surface area contributed by atoms with Crippen LogP contribution in [0.1, 0.15) is 47.1 Å². The van der Waals surface area contributed by atoms with Gasteiger partial charge in [-0.15, -0.1) is 0 Å². The molecular weight excluding hydrogens is 658 g/mol. The number of ether oxygens (including phenoxy) is 5. The topological polar surface area (TPSA) is 108 Å². The Labute approximate surface area is 300 Å². The molecule has 0 saturated heterocycles. The second-order valence-corrected chi connectivity index (χ2v) is 13.0. The summed E-state index contributed by atoms with van der Waals surface area (Å²) in [7, 11) is 3.11. The molecule has 1 atom stereocenters. The Kier molecular flexibility index (Phi) is 13.6. The van der Waals surface area contributed by atoms with Gasteiger partial charge in [0.05, 0.1) is 19.3 Å². The van der Waals surface area contributed by atoms with Crippen LogP contribution in [-0.2, 0) is 32.0 Å². The first kappa shape index (κ1) is 37.2. The molecule has 1 aliphatic carbocycles. The van der Waals surface area contributed by atoms with Crippen LogP contribution >= 0.6 is 11.6 Å². The van der Waals surface area contributed by atoms with E-state index in [0.717, 1.165) is 57.7 Å². The third-order valence-corrected chi connectivity index (χ3v) is 9.26. The van der Waals surface area contributed by atoms with Crippen molar-refractivity contribution in [2.75, 3.05) is 53.9 Å². The van der Waals surface area contributed by atoms with Crippen molar-refractivity contribution in [1.29, 1.82) is 0 Å². The van der Waals surface area contributed by atoms with E-state index in [1.54, 1.807) is 7.11 Å². The van der Waals surface area contributed by atoms with Crippen LogP contribution in [0.2, 0.25) is 5.02 Å². The van der Waals surface area contributed by atoms with Gasteiger partial charge in [-0.05, 0) is 91.2 Å². The smallest absolute Gasteiger partial charge is 0.406 e. The number of hydrogen-bond acceptors (Lipinski definition) is 8. The quantitative estimate of drug-likeness (QED) is 0.126. The molecule has 0 bridgehead atoms. The zero-order valence-corrected chi connectivity index (χ0v) is 30.1. The van der Waals surface area contributed by atoms with Gasteiger partial charge in [-0.2, -0.15) is 0 Å². The second-order valence-electron chi connectivity index (χ2n) is 12.6. The monoisotopic (exact) mass is 705 g/mol. The number of rotatable bonds is 17. The molecule has 50 heavy (non-hydrogen) atoms. The summed E-state index contributed by atoms with van der Waals surface area (Å²) in [6.45, 7) is 6.65. The molecule has 2 N–H and O–H groups in total. The average molecular weight is 706 g/mol. The van der Waals surface area contributed by atoms with Crippen molar-refractivity contribution in [3.05, 3.63) is 99.1 Å². The molecule has 0 aromatic heterocycles. The van der Waals surface area contributed by atoms with E-state index >= 15 is 0 Å². The summed E-state index contributed by atoms with van der Waals surface area (Å²) >= 11 is 6.69. The minimum absolute atomic E-state index is 0.0332. The van der Waals surface area contributed by atoms with E-state index in [-0.39, 0.29) is 31.4 Å². The van der Waals surface area contributed by atoms with Crippen LogP contribution in [0.3, 0.4) is 0 Å². The van der Waals surface area contributed by atoms with E-state index in [1.165, 1.54) is 7.05 Å². The zero-order chi connectivity index (χ0) is 35.5. The van der Waals surface area contributed by atoms with E-state index in [9.17, 15) is 9.59 Å². The van der Waals surface area contributed by atoms with Crippen molar-refractivity contribution in [2.45, 2.75) is 58.2 Å². The van der Waals surface area contributed by atoms with E-state index < -0.39 is 6.09 Å². The van der Waals surface area contributed by atoms with Crippen LogP contribution in [-0.4, -0.2) is 82.9 Å². The Hall–Kier alpha value is -4.09. The van der Waals surface area contributed by atoms with Crippen LogP contribution in [0.15, 0.2) is 66.2 Å². The van der Waals surface area contributed by atoms with Gasteiger partial charge in [-0.3, -0.25) is 4.79 Å². The maximum Gasteiger partial charge on any atom is 0.406 e. The summed E-state index contributed by atoms with van der Waals surface area (Å²) < 4.78 is 28.1. The number of para-hydroxylation sites is 1. The van der Waals surface area contributed by atoms with Gasteiger partial charge in [0.1, 0.15) is 31.5 Å². The number of halogens is 1. The van der Waals surface area contributed by atoms with Crippen molar-refractivity contribution in [3.8, 4) is 11.5 Å². The van der Waals surface area contributed by atoms with E-state index in [4.69, 9.17) is 35.3 Å². The molecule has 0 unspecified atom stereocenters. The van der Waals surface area contributed by atoms with Crippen molar-refractivity contribution in [3.63, 3.8) is 0 Å². The number of amides is 2. The third-order valence-electron chi connectivity index (χ3n) is 8.89. The summed E-state index contributed by atoms with van der Waals surface area (Å²) in [5.41, 5.74) is 6.68. The number of nitrogens with one attached hydrogen (secondary N) is 2. The minimum Gasteiger partial charge on any atom is -0.490 e. The largest absolute Gasteiger partial charge is 0.490 e. The lowest BCUT2D eigenvalue weighted by Crippen LogP contribution is -2.47. The maximum absolute atomic E-state index is 14.7. The lowest BCUT2D eigenvalue weighted by Gasteiger charge is -2.33. The number of hydrogen-bond donors (Lipinski definition) is 2. The SMILES string of the molecule is CNC(=O)OCCc1ccc(Cl)c(CN(C(=O)C2=C(c3ccc(OCCOc4c(C)cccc4C)cc3)CCN[C@@H]2COCOC)C2CC2)c1. The van der Waals surface area contributed by atoms with Gasteiger partial charge < -0.3 is 39.2 Å². The number of alkyl carbamates (subject to hydrolysis) is 1. The molecule has 1 fully saturated rings. The van der Waals surface area contributed by atoms with Gasteiger partial charge in [-0.25, -0.2) is 4.79 Å². The van der Waals surface area contributed by atoms with Crippen LogP contribution < -0.4 is 20.1 Å². The fraction of sp³-hybridized carbons (Fsp3) is 0.436. The molecule has 1 saturated carbocycles. The number of nitrogens with zero attached hydrogens (tertiary/aromatic N) is 1. The van der Waals surface area contributed by atoms with Gasteiger partial charge in [0.25, 0.3) is 5.91 Å². The predicted molar refractivity (Wildman–Crippen MR) is 194 cm³/mol. The van der Waals surface area contributed by atoms with Gasteiger partial charge in [0.2, 0.25) is 0 Å². The summed E-state index contributed by atoms with van der Waals surface area (Å²) in [5, 5.41) is 6.56. The van der Waals surface area contributed by atoms with E-state index in [1.807, 2.05) is 79.4 Å². The zero-order valence-electron chi connectivity index (χ0n) is 29.4. The van der Waals surface area contributed by atoms with Gasteiger partial charge in [-0.1, -0.05) is 54.1 Å². The summed E-state index contributed by atoms with van der Waals surface area (Å²) in [5.74, 6) is 1.60.